The zero-order valence-electron chi connectivity index (χ0n) is 6.11. The van der Waals surface area contributed by atoms with E-state index in [1.54, 1.807) is 16.7 Å². The Morgan fingerprint density at radius 3 is 3.00 bits per heavy atom. The standard InChI is InChI=1S/C9H5O2S/c10-6-11-8-5-12-9-4-2-1-3-7(8)9/h1-5H. The lowest BCUT2D eigenvalue weighted by atomic mass is 10.2. The van der Waals surface area contributed by atoms with Gasteiger partial charge in [-0.15, -0.1) is 11.3 Å². The lowest BCUT2D eigenvalue weighted by molar-refractivity contribution is 0.446. The number of benzene rings is 1. The second-order valence-corrected chi connectivity index (χ2v) is 3.19. The molecule has 1 heterocycles. The van der Waals surface area contributed by atoms with Crippen molar-refractivity contribution in [3.63, 3.8) is 0 Å². The van der Waals surface area contributed by atoms with Crippen molar-refractivity contribution in [2.75, 3.05) is 0 Å². The molecule has 12 heavy (non-hydrogen) atoms. The second kappa shape index (κ2) is 2.95. The van der Waals surface area contributed by atoms with Gasteiger partial charge in [0, 0.05) is 15.5 Å². The summed E-state index contributed by atoms with van der Waals surface area (Å²) >= 11 is 1.55. The summed E-state index contributed by atoms with van der Waals surface area (Å²) in [6, 6.07) is 7.76. The first-order valence-electron chi connectivity index (χ1n) is 3.42. The first-order valence-corrected chi connectivity index (χ1v) is 4.30. The van der Waals surface area contributed by atoms with E-state index in [4.69, 9.17) is 0 Å². The number of hydrogen-bond donors (Lipinski definition) is 0. The van der Waals surface area contributed by atoms with E-state index < -0.39 is 0 Å². The van der Waals surface area contributed by atoms with Crippen molar-refractivity contribution in [3.8, 4) is 5.75 Å². The van der Waals surface area contributed by atoms with Gasteiger partial charge in [0.05, 0.1) is 0 Å². The van der Waals surface area contributed by atoms with Crippen LogP contribution in [0.15, 0.2) is 29.6 Å². The third-order valence-electron chi connectivity index (χ3n) is 1.60. The van der Waals surface area contributed by atoms with Gasteiger partial charge in [-0.25, -0.2) is 4.79 Å². The quantitative estimate of drug-likeness (QED) is 0.703. The highest BCUT2D eigenvalue weighted by molar-refractivity contribution is 7.17. The maximum absolute atomic E-state index is 9.97. The molecule has 2 nitrogen and oxygen atoms in total. The topological polar surface area (TPSA) is 26.3 Å². The minimum absolute atomic E-state index is 0.589. The molecule has 0 fully saturated rings. The maximum Gasteiger partial charge on any atom is 0.423 e. The number of hydrogen-bond acceptors (Lipinski definition) is 3. The van der Waals surface area contributed by atoms with Crippen LogP contribution >= 0.6 is 11.3 Å². The van der Waals surface area contributed by atoms with Crippen molar-refractivity contribution in [2.45, 2.75) is 0 Å². The maximum atomic E-state index is 9.97. The van der Waals surface area contributed by atoms with Crippen LogP contribution in [0, 0.1) is 0 Å². The molecule has 2 aromatic rings. The molecule has 0 aliphatic heterocycles. The Morgan fingerprint density at radius 2 is 2.17 bits per heavy atom. The summed E-state index contributed by atoms with van der Waals surface area (Å²) in [5.74, 6) is 0.589. The zero-order chi connectivity index (χ0) is 8.39. The van der Waals surface area contributed by atoms with E-state index >= 15 is 0 Å². The molecule has 1 radical (unpaired) electrons. The van der Waals surface area contributed by atoms with Gasteiger partial charge in [0.15, 0.2) is 0 Å². The third kappa shape index (κ3) is 1.08. The van der Waals surface area contributed by atoms with Crippen LogP contribution in [0.25, 0.3) is 10.1 Å². The summed E-state index contributed by atoms with van der Waals surface area (Å²) < 4.78 is 5.78. The van der Waals surface area contributed by atoms with Crippen LogP contribution in [-0.2, 0) is 4.79 Å². The Morgan fingerprint density at radius 1 is 1.33 bits per heavy atom. The smallest absolute Gasteiger partial charge is 0.417 e. The predicted molar refractivity (Wildman–Crippen MR) is 48.1 cm³/mol. The molecular formula is C9H5O2S. The second-order valence-electron chi connectivity index (χ2n) is 2.28. The van der Waals surface area contributed by atoms with Crippen LogP contribution in [0.3, 0.4) is 0 Å². The van der Waals surface area contributed by atoms with Crippen LogP contribution in [0.1, 0.15) is 0 Å². The Balaban J connectivity index is 2.62. The van der Waals surface area contributed by atoms with Crippen LogP contribution in [0.2, 0.25) is 0 Å². The highest BCUT2D eigenvalue weighted by Gasteiger charge is 2.02. The normalized spacial score (nSPS) is 10.0. The van der Waals surface area contributed by atoms with Crippen molar-refractivity contribution >= 4 is 27.9 Å². The number of thiophene rings is 1. The van der Waals surface area contributed by atoms with Crippen LogP contribution in [-0.4, -0.2) is 6.47 Å². The molecule has 1 aromatic carbocycles. The Kier molecular flexibility index (Phi) is 1.80. The first-order chi connectivity index (χ1) is 5.92. The average Bonchev–Trinajstić information content (AvgIpc) is 2.50. The van der Waals surface area contributed by atoms with E-state index in [9.17, 15) is 4.79 Å². The highest BCUT2D eigenvalue weighted by Crippen LogP contribution is 2.31. The summed E-state index contributed by atoms with van der Waals surface area (Å²) in [7, 11) is 0. The Labute approximate surface area is 73.4 Å². The fraction of sp³-hybridized carbons (Fsp3) is 0. The van der Waals surface area contributed by atoms with Crippen LogP contribution in [0.4, 0.5) is 0 Å². The number of carbonyl (C=O) groups excluding carboxylic acids is 1. The molecule has 0 aliphatic rings. The van der Waals surface area contributed by atoms with E-state index in [1.165, 1.54) is 6.47 Å². The van der Waals surface area contributed by atoms with Gasteiger partial charge in [-0.3, -0.25) is 0 Å². The van der Waals surface area contributed by atoms with Gasteiger partial charge in [0.2, 0.25) is 0 Å². The molecule has 0 amide bonds. The first kappa shape index (κ1) is 7.31. The summed E-state index contributed by atoms with van der Waals surface area (Å²) in [5, 5.41) is 2.76. The summed E-state index contributed by atoms with van der Waals surface area (Å²) in [6.07, 6.45) is 0. The molecule has 3 heteroatoms. The van der Waals surface area contributed by atoms with Crippen molar-refractivity contribution in [1.29, 1.82) is 0 Å². The highest BCUT2D eigenvalue weighted by atomic mass is 32.1. The minimum atomic E-state index is 0.589. The van der Waals surface area contributed by atoms with Gasteiger partial charge in [-0.1, -0.05) is 12.1 Å². The van der Waals surface area contributed by atoms with Crippen LogP contribution < -0.4 is 4.74 Å². The molecule has 0 bridgehead atoms. The minimum Gasteiger partial charge on any atom is -0.417 e. The number of ether oxygens (including phenoxy) is 1. The molecule has 0 atom stereocenters. The lowest BCUT2D eigenvalue weighted by Gasteiger charge is -1.91. The van der Waals surface area contributed by atoms with Crippen molar-refractivity contribution in [3.05, 3.63) is 29.6 Å². The zero-order valence-corrected chi connectivity index (χ0v) is 6.93. The van der Waals surface area contributed by atoms with Crippen molar-refractivity contribution in [2.24, 2.45) is 0 Å². The molecule has 0 spiro atoms. The molecule has 0 N–H and O–H groups in total. The fourth-order valence-corrected chi connectivity index (χ4v) is 1.94. The molecule has 0 aliphatic carbocycles. The molecule has 0 saturated carbocycles. The summed E-state index contributed by atoms with van der Waals surface area (Å²) in [5.41, 5.74) is 0. The summed E-state index contributed by atoms with van der Waals surface area (Å²) in [6.45, 7) is 1.42. The number of rotatable bonds is 2. The molecular weight excluding hydrogens is 172 g/mol. The van der Waals surface area contributed by atoms with Gasteiger partial charge in [-0.05, 0) is 12.1 Å². The Bertz CT molecular complexity index is 406. The molecule has 2 rings (SSSR count). The molecule has 59 valence electrons. The van der Waals surface area contributed by atoms with Gasteiger partial charge < -0.3 is 4.74 Å². The molecule has 1 aromatic heterocycles. The van der Waals surface area contributed by atoms with Gasteiger partial charge in [0.1, 0.15) is 5.75 Å². The van der Waals surface area contributed by atoms with E-state index in [0.29, 0.717) is 5.75 Å². The van der Waals surface area contributed by atoms with E-state index in [2.05, 4.69) is 4.74 Å². The molecule has 0 unspecified atom stereocenters. The molecule has 0 saturated heterocycles. The third-order valence-corrected chi connectivity index (χ3v) is 2.54. The van der Waals surface area contributed by atoms with Gasteiger partial charge in [0.25, 0.3) is 0 Å². The largest absolute Gasteiger partial charge is 0.423 e. The average molecular weight is 177 g/mol. The lowest BCUT2D eigenvalue weighted by Crippen LogP contribution is -1.85. The SMILES string of the molecule is O=[C]Oc1csc2ccccc12. The van der Waals surface area contributed by atoms with E-state index in [1.807, 2.05) is 24.3 Å². The predicted octanol–water partition coefficient (Wildman–Crippen LogP) is 2.35. The summed E-state index contributed by atoms with van der Waals surface area (Å²) in [4.78, 5) is 9.97. The monoisotopic (exact) mass is 177 g/mol. The van der Waals surface area contributed by atoms with Crippen LogP contribution in [0.5, 0.6) is 5.75 Å². The van der Waals surface area contributed by atoms with E-state index in [0.717, 1.165) is 10.1 Å². The van der Waals surface area contributed by atoms with Crippen molar-refractivity contribution < 1.29 is 9.53 Å². The Hall–Kier alpha value is -1.35. The fourth-order valence-electron chi connectivity index (χ4n) is 1.08. The van der Waals surface area contributed by atoms with Crippen molar-refractivity contribution in [1.82, 2.24) is 0 Å². The number of fused-ring (bicyclic) bond motifs is 1. The van der Waals surface area contributed by atoms with E-state index in [-0.39, 0.29) is 0 Å². The van der Waals surface area contributed by atoms with Gasteiger partial charge in [-0.2, -0.15) is 0 Å². The van der Waals surface area contributed by atoms with Gasteiger partial charge >= 0.3 is 6.47 Å².